The second-order valence-corrected chi connectivity index (χ2v) is 5.19. The molecular weight excluding hydrogens is 238 g/mol. The summed E-state index contributed by atoms with van der Waals surface area (Å²) in [6.07, 6.45) is 0.117. The van der Waals surface area contributed by atoms with Gasteiger partial charge in [0.2, 0.25) is 0 Å². The molecule has 0 bridgehead atoms. The van der Waals surface area contributed by atoms with Crippen LogP contribution in [0.15, 0.2) is 0 Å². The molecule has 0 spiro atoms. The van der Waals surface area contributed by atoms with E-state index in [0.29, 0.717) is 12.8 Å². The molecule has 0 aromatic carbocycles. The number of nitrogens with zero attached hydrogens (tertiary/aromatic N) is 1. The summed E-state index contributed by atoms with van der Waals surface area (Å²) in [6.45, 7) is 5.32. The quantitative estimate of drug-likeness (QED) is 0.704. The lowest BCUT2D eigenvalue weighted by Gasteiger charge is -2.30. The summed E-state index contributed by atoms with van der Waals surface area (Å²) in [5.41, 5.74) is -0.612. The molecule has 0 aromatic heterocycles. The van der Waals surface area contributed by atoms with Crippen LogP contribution in [0.1, 0.15) is 33.6 Å². The summed E-state index contributed by atoms with van der Waals surface area (Å²) in [5.74, 6) is -0.444. The van der Waals surface area contributed by atoms with E-state index in [4.69, 9.17) is 14.2 Å². The number of carbonyl (C=O) groups is 2. The molecule has 1 rings (SSSR count). The number of rotatable bonds is 2. The molecule has 1 fully saturated rings. The standard InChI is InChI=1S/C12H21NO5/c1-12(2,3)18-11(15)13-8(10(14)17-5)6-7-9(13)16-4/h8-9H,6-7H2,1-5H3. The van der Waals surface area contributed by atoms with Crippen molar-refractivity contribution in [3.8, 4) is 0 Å². The monoisotopic (exact) mass is 259 g/mol. The molecule has 18 heavy (non-hydrogen) atoms. The summed E-state index contributed by atoms with van der Waals surface area (Å²) < 4.78 is 15.2. The highest BCUT2D eigenvalue weighted by Crippen LogP contribution is 2.27. The first-order chi connectivity index (χ1) is 8.30. The maximum atomic E-state index is 12.1. The molecule has 0 aliphatic carbocycles. The summed E-state index contributed by atoms with van der Waals surface area (Å²) in [6, 6.07) is -0.630. The van der Waals surface area contributed by atoms with Gasteiger partial charge in [-0.15, -0.1) is 0 Å². The van der Waals surface area contributed by atoms with Crippen LogP contribution < -0.4 is 0 Å². The third kappa shape index (κ3) is 3.35. The van der Waals surface area contributed by atoms with E-state index in [1.54, 1.807) is 20.8 Å². The molecule has 104 valence electrons. The van der Waals surface area contributed by atoms with E-state index in [-0.39, 0.29) is 0 Å². The normalized spacial score (nSPS) is 23.9. The van der Waals surface area contributed by atoms with Crippen LogP contribution in [0.4, 0.5) is 4.79 Å². The number of amides is 1. The molecule has 2 atom stereocenters. The number of hydrogen-bond donors (Lipinski definition) is 0. The molecule has 6 heteroatoms. The van der Waals surface area contributed by atoms with E-state index < -0.39 is 29.9 Å². The molecule has 2 unspecified atom stereocenters. The average molecular weight is 259 g/mol. The molecule has 1 aliphatic heterocycles. The van der Waals surface area contributed by atoms with Gasteiger partial charge in [0, 0.05) is 7.11 Å². The smallest absolute Gasteiger partial charge is 0.413 e. The maximum absolute atomic E-state index is 12.1. The summed E-state index contributed by atoms with van der Waals surface area (Å²) in [5, 5.41) is 0. The van der Waals surface area contributed by atoms with Gasteiger partial charge in [0.1, 0.15) is 17.9 Å². The lowest BCUT2D eigenvalue weighted by Crippen LogP contribution is -2.48. The first kappa shape index (κ1) is 14.8. The topological polar surface area (TPSA) is 65.1 Å². The maximum Gasteiger partial charge on any atom is 0.413 e. The van der Waals surface area contributed by atoms with Crippen molar-refractivity contribution in [2.24, 2.45) is 0 Å². The first-order valence-corrected chi connectivity index (χ1v) is 5.92. The van der Waals surface area contributed by atoms with Crippen molar-refractivity contribution in [1.82, 2.24) is 4.90 Å². The fourth-order valence-corrected chi connectivity index (χ4v) is 1.94. The van der Waals surface area contributed by atoms with Crippen LogP contribution in [0.2, 0.25) is 0 Å². The molecule has 0 radical (unpaired) electrons. The Bertz CT molecular complexity index is 323. The fourth-order valence-electron chi connectivity index (χ4n) is 1.94. The van der Waals surface area contributed by atoms with Crippen molar-refractivity contribution in [3.63, 3.8) is 0 Å². The number of likely N-dealkylation sites (tertiary alicyclic amines) is 1. The molecule has 1 heterocycles. The molecule has 0 saturated carbocycles. The summed E-state index contributed by atoms with van der Waals surface area (Å²) in [4.78, 5) is 25.0. The van der Waals surface area contributed by atoms with Gasteiger partial charge in [-0.1, -0.05) is 0 Å². The van der Waals surface area contributed by atoms with Crippen LogP contribution >= 0.6 is 0 Å². The minimum atomic E-state index is -0.630. The lowest BCUT2D eigenvalue weighted by molar-refractivity contribution is -0.148. The average Bonchev–Trinajstić information content (AvgIpc) is 2.69. The fraction of sp³-hybridized carbons (Fsp3) is 0.833. The first-order valence-electron chi connectivity index (χ1n) is 5.92. The molecule has 1 aliphatic rings. The van der Waals surface area contributed by atoms with E-state index in [0.717, 1.165) is 0 Å². The van der Waals surface area contributed by atoms with Crippen LogP contribution in [0.3, 0.4) is 0 Å². The van der Waals surface area contributed by atoms with Gasteiger partial charge in [-0.05, 0) is 33.6 Å². The molecule has 1 saturated heterocycles. The van der Waals surface area contributed by atoms with Gasteiger partial charge in [-0.25, -0.2) is 9.59 Å². The summed E-state index contributed by atoms with van der Waals surface area (Å²) >= 11 is 0. The van der Waals surface area contributed by atoms with Crippen LogP contribution in [-0.4, -0.2) is 49.1 Å². The predicted octanol–water partition coefficient (Wildman–Crippen LogP) is 1.53. The third-order valence-corrected chi connectivity index (χ3v) is 2.68. The Labute approximate surface area is 107 Å². The molecule has 0 aromatic rings. The van der Waals surface area contributed by atoms with E-state index in [2.05, 4.69) is 0 Å². The van der Waals surface area contributed by atoms with Gasteiger partial charge in [0.25, 0.3) is 0 Å². The van der Waals surface area contributed by atoms with E-state index >= 15 is 0 Å². The van der Waals surface area contributed by atoms with Crippen LogP contribution in [0.5, 0.6) is 0 Å². The zero-order chi connectivity index (χ0) is 13.9. The van der Waals surface area contributed by atoms with Gasteiger partial charge in [0.05, 0.1) is 7.11 Å². The molecule has 1 amide bonds. The van der Waals surface area contributed by atoms with Crippen LogP contribution in [0, 0.1) is 0 Å². The Balaban J connectivity index is 2.84. The van der Waals surface area contributed by atoms with Crippen LogP contribution in [0.25, 0.3) is 0 Å². The van der Waals surface area contributed by atoms with Gasteiger partial charge >= 0.3 is 12.1 Å². The van der Waals surface area contributed by atoms with Crippen molar-refractivity contribution in [1.29, 1.82) is 0 Å². The van der Waals surface area contributed by atoms with Crippen molar-refractivity contribution >= 4 is 12.1 Å². The number of methoxy groups -OCH3 is 2. The minimum Gasteiger partial charge on any atom is -0.467 e. The number of esters is 1. The minimum absolute atomic E-state index is 0.441. The lowest BCUT2D eigenvalue weighted by atomic mass is 10.2. The molecular formula is C12H21NO5. The molecule has 6 nitrogen and oxygen atoms in total. The van der Waals surface area contributed by atoms with Gasteiger partial charge in [-0.3, -0.25) is 4.90 Å². The van der Waals surface area contributed by atoms with Crippen molar-refractivity contribution in [3.05, 3.63) is 0 Å². The Hall–Kier alpha value is -1.30. The predicted molar refractivity (Wildman–Crippen MR) is 63.9 cm³/mol. The SMILES string of the molecule is COC(=O)C1CCC(OC)N1C(=O)OC(C)(C)C. The molecule has 0 N–H and O–H groups in total. The number of ether oxygens (including phenoxy) is 3. The van der Waals surface area contributed by atoms with E-state index in [1.165, 1.54) is 19.1 Å². The Morgan fingerprint density at radius 3 is 2.22 bits per heavy atom. The second-order valence-electron chi connectivity index (χ2n) is 5.19. The highest BCUT2D eigenvalue weighted by atomic mass is 16.6. The number of hydrogen-bond acceptors (Lipinski definition) is 5. The van der Waals surface area contributed by atoms with Crippen LogP contribution in [-0.2, 0) is 19.0 Å². The zero-order valence-electron chi connectivity index (χ0n) is 11.6. The van der Waals surface area contributed by atoms with Gasteiger partial charge in [-0.2, -0.15) is 0 Å². The Morgan fingerprint density at radius 1 is 1.17 bits per heavy atom. The highest BCUT2D eigenvalue weighted by Gasteiger charge is 2.43. The van der Waals surface area contributed by atoms with E-state index in [9.17, 15) is 9.59 Å². The van der Waals surface area contributed by atoms with Gasteiger partial charge in [0.15, 0.2) is 0 Å². The second kappa shape index (κ2) is 5.56. The van der Waals surface area contributed by atoms with Crippen molar-refractivity contribution in [2.45, 2.75) is 51.5 Å². The zero-order valence-corrected chi connectivity index (χ0v) is 11.6. The largest absolute Gasteiger partial charge is 0.467 e. The van der Waals surface area contributed by atoms with E-state index in [1.807, 2.05) is 0 Å². The van der Waals surface area contributed by atoms with Crippen molar-refractivity contribution < 1.29 is 23.8 Å². The highest BCUT2D eigenvalue weighted by molar-refractivity contribution is 5.82. The summed E-state index contributed by atoms with van der Waals surface area (Å²) in [7, 11) is 2.80. The third-order valence-electron chi connectivity index (χ3n) is 2.68. The van der Waals surface area contributed by atoms with Crippen molar-refractivity contribution in [2.75, 3.05) is 14.2 Å². The Kier molecular flexibility index (Phi) is 4.56. The number of carbonyl (C=O) groups excluding carboxylic acids is 2. The van der Waals surface area contributed by atoms with Gasteiger partial charge < -0.3 is 14.2 Å². The Morgan fingerprint density at radius 2 is 1.78 bits per heavy atom.